The number of halogens is 1. The number of unbranched alkanes of at least 4 members (excludes halogenated alkanes) is 6. The Morgan fingerprint density at radius 1 is 0.727 bits per heavy atom. The van der Waals surface area contributed by atoms with E-state index in [1.807, 2.05) is 18.2 Å². The highest BCUT2D eigenvalue weighted by molar-refractivity contribution is 5.91. The topological polar surface area (TPSA) is 35.5 Å². The first kappa shape index (κ1) is 34.3. The van der Waals surface area contributed by atoms with Gasteiger partial charge in [0.25, 0.3) is 0 Å². The van der Waals surface area contributed by atoms with Gasteiger partial charge >= 0.3 is 5.97 Å². The van der Waals surface area contributed by atoms with Gasteiger partial charge in [-0.3, -0.25) is 0 Å². The molecule has 3 rings (SSSR count). The minimum absolute atomic E-state index is 0.183. The Balaban J connectivity index is 1.42. The van der Waals surface area contributed by atoms with E-state index in [0.717, 1.165) is 87.5 Å². The fourth-order valence-electron chi connectivity index (χ4n) is 5.04. The number of allylic oxidation sites excluding steroid dienone is 3. The van der Waals surface area contributed by atoms with Crippen molar-refractivity contribution in [3.63, 3.8) is 0 Å². The highest BCUT2D eigenvalue weighted by Gasteiger charge is 2.12. The van der Waals surface area contributed by atoms with E-state index in [9.17, 15) is 9.18 Å². The molecule has 0 saturated carbocycles. The lowest BCUT2D eigenvalue weighted by molar-refractivity contribution is 0.0734. The van der Waals surface area contributed by atoms with Gasteiger partial charge in [0.1, 0.15) is 11.6 Å². The zero-order chi connectivity index (χ0) is 31.6. The van der Waals surface area contributed by atoms with Crippen molar-refractivity contribution in [3.05, 3.63) is 145 Å². The molecule has 3 nitrogen and oxygen atoms in total. The third-order valence-electron chi connectivity index (χ3n) is 7.79. The molecule has 3 aromatic carbocycles. The summed E-state index contributed by atoms with van der Waals surface area (Å²) in [4.78, 5) is 12.7. The number of carbonyl (C=O) groups is 1. The standard InChI is InChI=1S/C40H47FO3/c1-5-31(3)15-11-10-13-17-33-18-22-35(23-19-33)32(4)29-37-26-27-38(30-39(37)41)44-40(42)36-24-20-34(21-25-36)16-12-8-7-9-14-28-43-6-2/h5-6,18-27,30H,1-4,7-17,28-29H2. The van der Waals surface area contributed by atoms with E-state index in [1.54, 1.807) is 24.3 Å². The molecule has 44 heavy (non-hydrogen) atoms. The summed E-state index contributed by atoms with van der Waals surface area (Å²) in [5.74, 6) is -0.740. The van der Waals surface area contributed by atoms with Crippen LogP contribution in [-0.2, 0) is 24.0 Å². The Bertz CT molecular complexity index is 1370. The van der Waals surface area contributed by atoms with Gasteiger partial charge in [-0.1, -0.05) is 106 Å². The van der Waals surface area contributed by atoms with Crippen LogP contribution in [-0.4, -0.2) is 12.6 Å². The summed E-state index contributed by atoms with van der Waals surface area (Å²) in [5, 5.41) is 0. The Morgan fingerprint density at radius 2 is 1.32 bits per heavy atom. The van der Waals surface area contributed by atoms with Crippen molar-refractivity contribution in [2.75, 3.05) is 6.61 Å². The van der Waals surface area contributed by atoms with Crippen molar-refractivity contribution in [1.82, 2.24) is 0 Å². The monoisotopic (exact) mass is 594 g/mol. The van der Waals surface area contributed by atoms with E-state index >= 15 is 0 Å². The number of ether oxygens (including phenoxy) is 2. The van der Waals surface area contributed by atoms with Crippen LogP contribution in [0.5, 0.6) is 5.75 Å². The second-order valence-electron chi connectivity index (χ2n) is 11.3. The summed E-state index contributed by atoms with van der Waals surface area (Å²) in [7, 11) is 0. The van der Waals surface area contributed by atoms with Crippen molar-refractivity contribution < 1.29 is 18.7 Å². The van der Waals surface area contributed by atoms with Gasteiger partial charge in [0.05, 0.1) is 18.4 Å². The average Bonchev–Trinajstić information content (AvgIpc) is 3.03. The second kappa shape index (κ2) is 19.2. The van der Waals surface area contributed by atoms with Crippen LogP contribution in [0.4, 0.5) is 4.39 Å². The summed E-state index contributed by atoms with van der Waals surface area (Å²) in [5.41, 5.74) is 6.34. The molecule has 0 spiro atoms. The van der Waals surface area contributed by atoms with Gasteiger partial charge in [-0.25, -0.2) is 9.18 Å². The first-order valence-electron chi connectivity index (χ1n) is 15.8. The van der Waals surface area contributed by atoms with Crippen molar-refractivity contribution in [1.29, 1.82) is 0 Å². The van der Waals surface area contributed by atoms with Crippen LogP contribution < -0.4 is 4.74 Å². The van der Waals surface area contributed by atoms with E-state index in [0.29, 0.717) is 17.5 Å². The molecule has 0 aliphatic rings. The number of esters is 1. The molecule has 0 aromatic heterocycles. The molecule has 3 aromatic rings. The van der Waals surface area contributed by atoms with Crippen LogP contribution in [0.1, 0.15) is 90.4 Å². The summed E-state index contributed by atoms with van der Waals surface area (Å²) in [6.45, 7) is 16.2. The van der Waals surface area contributed by atoms with Gasteiger partial charge in [0, 0.05) is 12.5 Å². The Kier molecular flexibility index (Phi) is 14.9. The van der Waals surface area contributed by atoms with E-state index < -0.39 is 11.8 Å². The lowest BCUT2D eigenvalue weighted by Gasteiger charge is -2.11. The Morgan fingerprint density at radius 3 is 1.93 bits per heavy atom. The van der Waals surface area contributed by atoms with Crippen LogP contribution in [0, 0.1) is 5.82 Å². The van der Waals surface area contributed by atoms with E-state index in [1.165, 1.54) is 29.9 Å². The largest absolute Gasteiger partial charge is 0.502 e. The second-order valence-corrected chi connectivity index (χ2v) is 11.3. The molecule has 0 N–H and O–H groups in total. The van der Waals surface area contributed by atoms with Gasteiger partial charge in [-0.15, -0.1) is 0 Å². The molecule has 0 aliphatic carbocycles. The van der Waals surface area contributed by atoms with E-state index in [-0.39, 0.29) is 5.75 Å². The van der Waals surface area contributed by atoms with Crippen molar-refractivity contribution in [3.8, 4) is 5.75 Å². The first-order valence-corrected chi connectivity index (χ1v) is 15.8. The SMILES string of the molecule is C=COCCCCCCCc1ccc(C(=O)Oc2ccc(CC(=C)c3ccc(CCCCCC(=C)C=C)cc3)c(F)c2)cc1. The average molecular weight is 595 g/mol. The molecule has 0 amide bonds. The van der Waals surface area contributed by atoms with Gasteiger partial charge in [0.2, 0.25) is 0 Å². The van der Waals surface area contributed by atoms with E-state index in [4.69, 9.17) is 9.47 Å². The van der Waals surface area contributed by atoms with Crippen LogP contribution in [0.25, 0.3) is 5.57 Å². The van der Waals surface area contributed by atoms with Crippen LogP contribution in [0.2, 0.25) is 0 Å². The molecular weight excluding hydrogens is 547 g/mol. The third-order valence-corrected chi connectivity index (χ3v) is 7.79. The minimum Gasteiger partial charge on any atom is -0.502 e. The number of aryl methyl sites for hydroxylation is 2. The Labute approximate surface area is 263 Å². The van der Waals surface area contributed by atoms with E-state index in [2.05, 4.69) is 50.6 Å². The third kappa shape index (κ3) is 12.2. The molecule has 0 heterocycles. The lowest BCUT2D eigenvalue weighted by atomic mass is 9.97. The molecule has 0 radical (unpaired) electrons. The van der Waals surface area contributed by atoms with Crippen LogP contribution in [0.3, 0.4) is 0 Å². The Hall–Kier alpha value is -4.18. The normalized spacial score (nSPS) is 10.7. The maximum absolute atomic E-state index is 15.0. The van der Waals surface area contributed by atoms with Gasteiger partial charge < -0.3 is 9.47 Å². The number of carbonyl (C=O) groups excluding carboxylic acids is 1. The van der Waals surface area contributed by atoms with Gasteiger partial charge in [-0.2, -0.15) is 0 Å². The summed E-state index contributed by atoms with van der Waals surface area (Å²) in [6, 6.07) is 20.4. The quantitative estimate of drug-likeness (QED) is 0.0405. The molecule has 0 fully saturated rings. The summed E-state index contributed by atoms with van der Waals surface area (Å²) < 4.78 is 25.6. The van der Waals surface area contributed by atoms with Crippen molar-refractivity contribution in [2.45, 2.75) is 77.0 Å². The number of hydrogen-bond acceptors (Lipinski definition) is 3. The predicted octanol–water partition coefficient (Wildman–Crippen LogP) is 10.8. The maximum Gasteiger partial charge on any atom is 0.343 e. The molecule has 4 heteroatoms. The van der Waals surface area contributed by atoms with Crippen molar-refractivity contribution in [2.24, 2.45) is 0 Å². The fourth-order valence-corrected chi connectivity index (χ4v) is 5.04. The molecule has 0 atom stereocenters. The number of hydrogen-bond donors (Lipinski definition) is 0. The molecule has 0 unspecified atom stereocenters. The summed E-state index contributed by atoms with van der Waals surface area (Å²) >= 11 is 0. The number of rotatable bonds is 21. The highest BCUT2D eigenvalue weighted by Crippen LogP contribution is 2.24. The lowest BCUT2D eigenvalue weighted by Crippen LogP contribution is -2.09. The molecule has 0 saturated heterocycles. The molecular formula is C40H47FO3. The van der Waals surface area contributed by atoms with Crippen LogP contribution >= 0.6 is 0 Å². The fraction of sp³-hybridized carbons (Fsp3) is 0.325. The zero-order valence-electron chi connectivity index (χ0n) is 26.1. The van der Waals surface area contributed by atoms with Crippen molar-refractivity contribution >= 4 is 11.5 Å². The number of benzene rings is 3. The predicted molar refractivity (Wildman–Crippen MR) is 181 cm³/mol. The molecule has 0 bridgehead atoms. The van der Waals surface area contributed by atoms with Gasteiger partial charge in [0.15, 0.2) is 0 Å². The summed E-state index contributed by atoms with van der Waals surface area (Å²) in [6.07, 6.45) is 15.8. The van der Waals surface area contributed by atoms with Gasteiger partial charge in [-0.05, 0) is 91.0 Å². The first-order chi connectivity index (χ1) is 21.4. The minimum atomic E-state index is -0.503. The molecule has 232 valence electrons. The molecule has 0 aliphatic heterocycles. The maximum atomic E-state index is 15.0. The zero-order valence-corrected chi connectivity index (χ0v) is 26.1. The highest BCUT2D eigenvalue weighted by atomic mass is 19.1. The smallest absolute Gasteiger partial charge is 0.343 e. The van der Waals surface area contributed by atoms with Crippen LogP contribution in [0.15, 0.2) is 111 Å².